The number of benzene rings is 1. The van der Waals surface area contributed by atoms with E-state index in [0.717, 1.165) is 12.8 Å². The van der Waals surface area contributed by atoms with Crippen molar-refractivity contribution < 1.29 is 16.8 Å². The van der Waals surface area contributed by atoms with Gasteiger partial charge in [-0.2, -0.15) is 0 Å². The fourth-order valence-corrected chi connectivity index (χ4v) is 5.96. The standard InChI is InChI=1S/C17H28N2O4S2/c1-16(2,3)12-17(4,5)19-25(22,23)15-8-6-7-14(11-15)24(20,21)18-13-9-10-13/h6-8,11,13,18-19H,9-10,12H2,1-5H3. The molecule has 0 bridgehead atoms. The van der Waals surface area contributed by atoms with Crippen LogP contribution in [0.25, 0.3) is 0 Å². The van der Waals surface area contributed by atoms with Crippen LogP contribution < -0.4 is 9.44 Å². The highest BCUT2D eigenvalue weighted by Crippen LogP contribution is 2.29. The van der Waals surface area contributed by atoms with Gasteiger partial charge in [0.05, 0.1) is 9.79 Å². The molecule has 1 aromatic rings. The van der Waals surface area contributed by atoms with E-state index in [1.54, 1.807) is 0 Å². The first-order chi connectivity index (χ1) is 11.2. The van der Waals surface area contributed by atoms with Gasteiger partial charge in [-0.1, -0.05) is 26.8 Å². The summed E-state index contributed by atoms with van der Waals surface area (Å²) in [5.41, 5.74) is -0.705. The van der Waals surface area contributed by atoms with Crippen molar-refractivity contribution >= 4 is 20.0 Å². The van der Waals surface area contributed by atoms with Gasteiger partial charge in [0.1, 0.15) is 0 Å². The molecule has 0 atom stereocenters. The van der Waals surface area contributed by atoms with Gasteiger partial charge in [0.25, 0.3) is 0 Å². The Hall–Kier alpha value is -0.960. The smallest absolute Gasteiger partial charge is 0.208 e. The van der Waals surface area contributed by atoms with Gasteiger partial charge < -0.3 is 0 Å². The number of hydrogen-bond acceptors (Lipinski definition) is 4. The van der Waals surface area contributed by atoms with E-state index in [-0.39, 0.29) is 21.2 Å². The van der Waals surface area contributed by atoms with E-state index in [0.29, 0.717) is 6.42 Å². The van der Waals surface area contributed by atoms with Crippen LogP contribution >= 0.6 is 0 Å². The number of hydrogen-bond donors (Lipinski definition) is 2. The van der Waals surface area contributed by atoms with Crippen molar-refractivity contribution in [2.24, 2.45) is 5.41 Å². The molecule has 2 rings (SSSR count). The maximum absolute atomic E-state index is 12.7. The zero-order valence-corrected chi connectivity index (χ0v) is 17.1. The van der Waals surface area contributed by atoms with Gasteiger partial charge in [-0.05, 0) is 56.7 Å². The Labute approximate surface area is 151 Å². The van der Waals surface area contributed by atoms with Crippen LogP contribution in [0.4, 0.5) is 0 Å². The molecule has 25 heavy (non-hydrogen) atoms. The molecule has 0 unspecified atom stereocenters. The van der Waals surface area contributed by atoms with Gasteiger partial charge >= 0.3 is 0 Å². The minimum Gasteiger partial charge on any atom is -0.208 e. The van der Waals surface area contributed by atoms with E-state index < -0.39 is 25.6 Å². The van der Waals surface area contributed by atoms with Crippen LogP contribution in [0.2, 0.25) is 0 Å². The third-order valence-electron chi connectivity index (χ3n) is 3.71. The van der Waals surface area contributed by atoms with E-state index >= 15 is 0 Å². The lowest BCUT2D eigenvalue weighted by Crippen LogP contribution is -2.45. The third-order valence-corrected chi connectivity index (χ3v) is 6.92. The Morgan fingerprint density at radius 1 is 0.960 bits per heavy atom. The van der Waals surface area contributed by atoms with Crippen molar-refractivity contribution in [3.63, 3.8) is 0 Å². The topological polar surface area (TPSA) is 92.3 Å². The molecular weight excluding hydrogens is 360 g/mol. The fraction of sp³-hybridized carbons (Fsp3) is 0.647. The zero-order valence-electron chi connectivity index (χ0n) is 15.5. The molecule has 0 aromatic heterocycles. The predicted molar refractivity (Wildman–Crippen MR) is 98.3 cm³/mol. The number of sulfonamides is 2. The summed E-state index contributed by atoms with van der Waals surface area (Å²) in [6.07, 6.45) is 2.28. The molecule has 1 aromatic carbocycles. The van der Waals surface area contributed by atoms with Crippen molar-refractivity contribution in [3.05, 3.63) is 24.3 Å². The molecule has 2 N–H and O–H groups in total. The number of nitrogens with one attached hydrogen (secondary N) is 2. The SMILES string of the molecule is CC(C)(C)CC(C)(C)NS(=O)(=O)c1cccc(S(=O)(=O)NC2CC2)c1. The summed E-state index contributed by atoms with van der Waals surface area (Å²) in [6.45, 7) is 9.77. The second-order valence-electron chi connectivity index (χ2n) is 8.60. The fourth-order valence-electron chi connectivity index (χ4n) is 3.08. The first-order valence-electron chi connectivity index (χ1n) is 8.37. The Bertz CT molecular complexity index is 834. The molecule has 142 valence electrons. The Morgan fingerprint density at radius 3 is 1.96 bits per heavy atom. The lowest BCUT2D eigenvalue weighted by atomic mass is 9.82. The minimum atomic E-state index is -3.83. The lowest BCUT2D eigenvalue weighted by molar-refractivity contribution is 0.269. The van der Waals surface area contributed by atoms with Crippen LogP contribution in [0.15, 0.2) is 34.1 Å². The Morgan fingerprint density at radius 2 is 1.48 bits per heavy atom. The van der Waals surface area contributed by atoms with E-state index in [4.69, 9.17) is 0 Å². The molecule has 0 radical (unpaired) electrons. The van der Waals surface area contributed by atoms with Crippen LogP contribution in [0.5, 0.6) is 0 Å². The van der Waals surface area contributed by atoms with Gasteiger partial charge in [0.2, 0.25) is 20.0 Å². The maximum Gasteiger partial charge on any atom is 0.241 e. The van der Waals surface area contributed by atoms with Crippen molar-refractivity contribution in [1.82, 2.24) is 9.44 Å². The second kappa shape index (κ2) is 6.64. The first kappa shape index (κ1) is 20.4. The highest BCUT2D eigenvalue weighted by atomic mass is 32.2. The van der Waals surface area contributed by atoms with Crippen LogP contribution in [-0.4, -0.2) is 28.4 Å². The molecule has 0 saturated heterocycles. The Balaban J connectivity index is 2.26. The van der Waals surface area contributed by atoms with Crippen LogP contribution in [0.1, 0.15) is 53.9 Å². The van der Waals surface area contributed by atoms with E-state index in [1.165, 1.54) is 24.3 Å². The second-order valence-corrected chi connectivity index (χ2v) is 12.0. The highest BCUT2D eigenvalue weighted by molar-refractivity contribution is 7.90. The quantitative estimate of drug-likeness (QED) is 0.751. The molecule has 8 heteroatoms. The molecule has 1 aliphatic rings. The van der Waals surface area contributed by atoms with Crippen molar-refractivity contribution in [2.75, 3.05) is 0 Å². The average Bonchev–Trinajstić information content (AvgIpc) is 3.18. The molecule has 1 saturated carbocycles. The van der Waals surface area contributed by atoms with Crippen LogP contribution in [0.3, 0.4) is 0 Å². The molecule has 1 fully saturated rings. The van der Waals surface area contributed by atoms with Crippen LogP contribution in [0, 0.1) is 5.41 Å². The van der Waals surface area contributed by atoms with Crippen molar-refractivity contribution in [1.29, 1.82) is 0 Å². The zero-order chi connectivity index (χ0) is 19.1. The predicted octanol–water partition coefficient (Wildman–Crippen LogP) is 2.62. The molecule has 0 aliphatic heterocycles. The summed E-state index contributed by atoms with van der Waals surface area (Å²) in [7, 11) is -7.52. The average molecular weight is 389 g/mol. The first-order valence-corrected chi connectivity index (χ1v) is 11.3. The minimum absolute atomic E-state index is 0.0316. The third kappa shape index (κ3) is 6.06. The van der Waals surface area contributed by atoms with Crippen LogP contribution in [-0.2, 0) is 20.0 Å². The van der Waals surface area contributed by atoms with E-state index in [9.17, 15) is 16.8 Å². The normalized spacial score (nSPS) is 16.8. The molecule has 6 nitrogen and oxygen atoms in total. The van der Waals surface area contributed by atoms with Gasteiger partial charge in [0.15, 0.2) is 0 Å². The van der Waals surface area contributed by atoms with Gasteiger partial charge in [-0.25, -0.2) is 26.3 Å². The van der Waals surface area contributed by atoms with Crippen molar-refractivity contribution in [2.45, 2.75) is 75.3 Å². The summed E-state index contributed by atoms with van der Waals surface area (Å²) in [4.78, 5) is -0.0796. The largest absolute Gasteiger partial charge is 0.241 e. The molecule has 1 aliphatic carbocycles. The summed E-state index contributed by atoms with van der Waals surface area (Å²) >= 11 is 0. The van der Waals surface area contributed by atoms with E-state index in [1.807, 2.05) is 34.6 Å². The maximum atomic E-state index is 12.7. The molecule has 0 heterocycles. The lowest BCUT2D eigenvalue weighted by Gasteiger charge is -2.33. The molecule has 0 amide bonds. The monoisotopic (exact) mass is 388 g/mol. The summed E-state index contributed by atoms with van der Waals surface area (Å²) in [5.74, 6) is 0. The van der Waals surface area contributed by atoms with E-state index in [2.05, 4.69) is 9.44 Å². The summed E-state index contributed by atoms with van der Waals surface area (Å²) in [6, 6.07) is 5.44. The number of rotatable bonds is 7. The summed E-state index contributed by atoms with van der Waals surface area (Å²) in [5, 5.41) is 0. The summed E-state index contributed by atoms with van der Waals surface area (Å²) < 4.78 is 55.3. The van der Waals surface area contributed by atoms with Gasteiger partial charge in [-0.15, -0.1) is 0 Å². The Kier molecular flexibility index (Phi) is 5.41. The van der Waals surface area contributed by atoms with Gasteiger partial charge in [-0.3, -0.25) is 0 Å². The van der Waals surface area contributed by atoms with Gasteiger partial charge in [0, 0.05) is 11.6 Å². The highest BCUT2D eigenvalue weighted by Gasteiger charge is 2.32. The van der Waals surface area contributed by atoms with Crippen molar-refractivity contribution in [3.8, 4) is 0 Å². The molecular formula is C17H28N2O4S2. The molecule has 0 spiro atoms.